The summed E-state index contributed by atoms with van der Waals surface area (Å²) < 4.78 is 34.7. The molecule has 9 nitrogen and oxygen atoms in total. The molecule has 0 saturated carbocycles. The van der Waals surface area contributed by atoms with Gasteiger partial charge in [0.2, 0.25) is 0 Å². The number of phosphoric acid groups is 1. The Kier molecular flexibility index (Phi) is 68.3. The molecule has 0 radical (unpaired) electrons. The molecule has 0 aliphatic rings. The number of nitrogens with zero attached hydrogens (tertiary/aromatic N) is 1. The van der Waals surface area contributed by atoms with E-state index in [1.54, 1.807) is 0 Å². The van der Waals surface area contributed by atoms with E-state index in [0.717, 1.165) is 96.3 Å². The van der Waals surface area contributed by atoms with Crippen LogP contribution in [0.3, 0.4) is 0 Å². The normalized spacial score (nSPS) is 13.5. The molecular formula is C80H147NO8P+. The zero-order chi connectivity index (χ0) is 65.5. The number of quaternary nitrogens is 1. The molecule has 524 valence electrons. The molecule has 0 aromatic rings. The molecule has 2 atom stereocenters. The van der Waals surface area contributed by atoms with Crippen molar-refractivity contribution in [1.82, 2.24) is 0 Å². The fourth-order valence-corrected chi connectivity index (χ4v) is 11.8. The molecule has 0 rings (SSSR count). The average molecular weight is 1280 g/mol. The molecule has 0 aliphatic heterocycles. The Bertz CT molecular complexity index is 1800. The van der Waals surface area contributed by atoms with Gasteiger partial charge in [-0.3, -0.25) is 18.6 Å². The summed E-state index contributed by atoms with van der Waals surface area (Å²) in [6, 6.07) is 0. The first-order chi connectivity index (χ1) is 44.0. The van der Waals surface area contributed by atoms with Crippen LogP contribution in [0.25, 0.3) is 0 Å². The zero-order valence-electron chi connectivity index (χ0n) is 59.9. The molecule has 0 aliphatic carbocycles. The topological polar surface area (TPSA) is 108 Å². The molecule has 1 N–H and O–H groups in total. The first-order valence-electron chi connectivity index (χ1n) is 38.3. The van der Waals surface area contributed by atoms with Gasteiger partial charge in [-0.2, -0.15) is 0 Å². The number of ether oxygens (including phenoxy) is 2. The lowest BCUT2D eigenvalue weighted by Crippen LogP contribution is -2.37. The number of unbranched alkanes of at least 4 members (excludes halogenated alkanes) is 43. The third-order valence-electron chi connectivity index (χ3n) is 16.9. The fraction of sp³-hybridized carbons (Fsp3) is 0.800. The van der Waals surface area contributed by atoms with Crippen molar-refractivity contribution in [1.29, 1.82) is 0 Å². The van der Waals surface area contributed by atoms with Crippen molar-refractivity contribution in [3.8, 4) is 0 Å². The summed E-state index contributed by atoms with van der Waals surface area (Å²) in [7, 11) is 1.47. The van der Waals surface area contributed by atoms with Crippen LogP contribution in [-0.4, -0.2) is 74.9 Å². The van der Waals surface area contributed by atoms with E-state index >= 15 is 0 Å². The van der Waals surface area contributed by atoms with Crippen LogP contribution in [0.15, 0.2) is 85.1 Å². The second-order valence-corrected chi connectivity index (χ2v) is 28.5. The summed E-state index contributed by atoms with van der Waals surface area (Å²) >= 11 is 0. The van der Waals surface area contributed by atoms with Crippen LogP contribution >= 0.6 is 7.82 Å². The predicted molar refractivity (Wildman–Crippen MR) is 390 cm³/mol. The van der Waals surface area contributed by atoms with Crippen molar-refractivity contribution in [2.24, 2.45) is 0 Å². The van der Waals surface area contributed by atoms with Crippen LogP contribution in [-0.2, 0) is 32.7 Å². The van der Waals surface area contributed by atoms with Crippen LogP contribution in [0.4, 0.5) is 0 Å². The van der Waals surface area contributed by atoms with Crippen molar-refractivity contribution in [2.45, 2.75) is 367 Å². The van der Waals surface area contributed by atoms with Crippen molar-refractivity contribution in [3.63, 3.8) is 0 Å². The summed E-state index contributed by atoms with van der Waals surface area (Å²) in [6.45, 7) is 4.34. The highest BCUT2D eigenvalue weighted by Gasteiger charge is 2.27. The molecule has 0 fully saturated rings. The first kappa shape index (κ1) is 87.2. The lowest BCUT2D eigenvalue weighted by molar-refractivity contribution is -0.870. The van der Waals surface area contributed by atoms with Gasteiger partial charge in [-0.05, 0) is 89.9 Å². The maximum Gasteiger partial charge on any atom is 0.472 e. The van der Waals surface area contributed by atoms with Crippen molar-refractivity contribution in [3.05, 3.63) is 85.1 Å². The van der Waals surface area contributed by atoms with Gasteiger partial charge < -0.3 is 18.9 Å². The standard InChI is InChI=1S/C80H146NO8P/c1-6-8-10-12-14-16-18-20-22-24-26-28-30-32-33-34-35-36-37-38-39-40-41-42-43-44-45-46-47-49-50-52-54-56-58-60-62-64-66-68-70-72-79(82)86-76-78(77-88-90(84,85)87-75-74-81(3,4)5)89-80(83)73-71-69-67-65-63-61-59-57-55-53-51-48-31-29-27-25-23-21-19-17-15-13-11-9-7-2/h9,11,15,17,21,23-24,26-27,29,48,51,55,57,78H,6-8,10,12-14,16,18-20,22,25,28,30-47,49-50,52-54,56,58-77H2,1-5H3/p+1/b11-9-,17-15-,23-21-,26-24-,29-27-,51-48-,57-55-. The number of esters is 2. The third kappa shape index (κ3) is 74.2. The molecule has 90 heavy (non-hydrogen) atoms. The van der Waals surface area contributed by atoms with Gasteiger partial charge in [0.05, 0.1) is 27.7 Å². The number of hydrogen-bond acceptors (Lipinski definition) is 7. The zero-order valence-corrected chi connectivity index (χ0v) is 60.8. The molecule has 0 bridgehead atoms. The van der Waals surface area contributed by atoms with E-state index in [1.165, 1.54) is 231 Å². The van der Waals surface area contributed by atoms with Crippen LogP contribution in [0.1, 0.15) is 361 Å². The summed E-state index contributed by atoms with van der Waals surface area (Å²) in [5, 5.41) is 0. The van der Waals surface area contributed by atoms with Gasteiger partial charge in [0.25, 0.3) is 0 Å². The van der Waals surface area contributed by atoms with Gasteiger partial charge in [0.1, 0.15) is 19.8 Å². The van der Waals surface area contributed by atoms with Gasteiger partial charge >= 0.3 is 19.8 Å². The molecule has 0 aromatic carbocycles. The molecule has 0 spiro atoms. The number of likely N-dealkylation sites (N-methyl/N-ethyl adjacent to an activating group) is 1. The summed E-state index contributed by atoms with van der Waals surface area (Å²) in [6.07, 6.45) is 97.3. The van der Waals surface area contributed by atoms with Gasteiger partial charge in [0, 0.05) is 12.8 Å². The minimum absolute atomic E-state index is 0.0262. The van der Waals surface area contributed by atoms with E-state index in [4.69, 9.17) is 18.5 Å². The van der Waals surface area contributed by atoms with Crippen molar-refractivity contribution in [2.75, 3.05) is 47.5 Å². The van der Waals surface area contributed by atoms with E-state index in [1.807, 2.05) is 21.1 Å². The van der Waals surface area contributed by atoms with Crippen molar-refractivity contribution >= 4 is 19.8 Å². The highest BCUT2D eigenvalue weighted by molar-refractivity contribution is 7.47. The number of carbonyl (C=O) groups is 2. The second kappa shape index (κ2) is 70.5. The largest absolute Gasteiger partial charge is 0.472 e. The monoisotopic (exact) mass is 1280 g/mol. The quantitative estimate of drug-likeness (QED) is 0.0211. The maximum absolute atomic E-state index is 12.9. The van der Waals surface area contributed by atoms with Gasteiger partial charge in [-0.15, -0.1) is 0 Å². The van der Waals surface area contributed by atoms with Crippen LogP contribution in [0.2, 0.25) is 0 Å². The van der Waals surface area contributed by atoms with Crippen molar-refractivity contribution < 1.29 is 42.1 Å². The maximum atomic E-state index is 12.9. The SMILES string of the molecule is CC/C=C\C/C=C\C/C=C\C/C=C\C/C=C\C/C=C\CCCCCCCCC(=O)OC(COC(=O)CCCCCCCCCCCCCCCCCCCCCCCCCCCCCCC/C=C\CCCCCCCCCC)COP(=O)(O)OCC[N+](C)(C)C. The molecular weight excluding hydrogens is 1130 g/mol. The van der Waals surface area contributed by atoms with Gasteiger partial charge in [-0.25, -0.2) is 4.57 Å². The summed E-state index contributed by atoms with van der Waals surface area (Å²) in [4.78, 5) is 35.9. The fourth-order valence-electron chi connectivity index (χ4n) is 11.1. The Morgan fingerprint density at radius 1 is 0.356 bits per heavy atom. The lowest BCUT2D eigenvalue weighted by Gasteiger charge is -2.24. The number of hydrogen-bond donors (Lipinski definition) is 1. The highest BCUT2D eigenvalue weighted by atomic mass is 31.2. The Hall–Kier alpha value is -2.81. The third-order valence-corrected chi connectivity index (χ3v) is 17.9. The lowest BCUT2D eigenvalue weighted by atomic mass is 10.0. The van der Waals surface area contributed by atoms with Crippen LogP contribution in [0.5, 0.6) is 0 Å². The van der Waals surface area contributed by atoms with E-state index in [-0.39, 0.29) is 32.0 Å². The van der Waals surface area contributed by atoms with Crippen LogP contribution < -0.4 is 0 Å². The molecule has 0 aromatic heterocycles. The van der Waals surface area contributed by atoms with Crippen LogP contribution in [0, 0.1) is 0 Å². The number of carbonyl (C=O) groups excluding carboxylic acids is 2. The Morgan fingerprint density at radius 3 is 0.956 bits per heavy atom. The molecule has 0 heterocycles. The van der Waals surface area contributed by atoms with E-state index in [2.05, 4.69) is 98.9 Å². The van der Waals surface area contributed by atoms with E-state index in [9.17, 15) is 19.0 Å². The Labute approximate surface area is 558 Å². The molecule has 10 heteroatoms. The first-order valence-corrected chi connectivity index (χ1v) is 39.8. The molecule has 0 amide bonds. The Morgan fingerprint density at radius 2 is 0.633 bits per heavy atom. The number of allylic oxidation sites excluding steroid dienone is 14. The van der Waals surface area contributed by atoms with E-state index in [0.29, 0.717) is 17.4 Å². The summed E-state index contributed by atoms with van der Waals surface area (Å²) in [5.41, 5.74) is 0. The average Bonchev–Trinajstić information content (AvgIpc) is 3.58. The number of rotatable bonds is 71. The highest BCUT2D eigenvalue weighted by Crippen LogP contribution is 2.43. The second-order valence-electron chi connectivity index (χ2n) is 27.0. The Balaban J connectivity index is 3.92. The number of phosphoric ester groups is 1. The summed E-state index contributed by atoms with van der Waals surface area (Å²) in [5.74, 6) is -0.804. The van der Waals surface area contributed by atoms with E-state index < -0.39 is 26.5 Å². The minimum atomic E-state index is -4.40. The molecule has 0 saturated heterocycles. The predicted octanol–water partition coefficient (Wildman–Crippen LogP) is 25.3. The van der Waals surface area contributed by atoms with Gasteiger partial charge in [-0.1, -0.05) is 343 Å². The minimum Gasteiger partial charge on any atom is -0.462 e. The van der Waals surface area contributed by atoms with Gasteiger partial charge in [0.15, 0.2) is 6.10 Å². The molecule has 2 unspecified atom stereocenters. The smallest absolute Gasteiger partial charge is 0.462 e.